The molecule has 3 N–H and O–H groups in total. The van der Waals surface area contributed by atoms with Crippen molar-refractivity contribution in [3.63, 3.8) is 0 Å². The van der Waals surface area contributed by atoms with Crippen molar-refractivity contribution in [3.8, 4) is 0 Å². The number of nitrogens with zero attached hydrogens (tertiary/aromatic N) is 3. The first-order valence-corrected chi connectivity index (χ1v) is 10.1. The molecule has 0 aromatic rings. The molecule has 0 unspecified atom stereocenters. The molecule has 0 aliphatic carbocycles. The SMILES string of the molecule is Cl.Cl.Cl.O=C(O)CCNN1CCC(C(=O)N2CCN(C3CCNCC3)CC2)CC1. The van der Waals surface area contributed by atoms with Crippen LogP contribution in [0.2, 0.25) is 0 Å². The van der Waals surface area contributed by atoms with Crippen molar-refractivity contribution in [2.45, 2.75) is 38.1 Å². The van der Waals surface area contributed by atoms with Gasteiger partial charge in [0.25, 0.3) is 0 Å². The molecule has 172 valence electrons. The highest BCUT2D eigenvalue weighted by Gasteiger charge is 2.32. The molecule has 0 saturated carbocycles. The minimum absolute atomic E-state index is 0. The van der Waals surface area contributed by atoms with Gasteiger partial charge in [0.2, 0.25) is 5.91 Å². The summed E-state index contributed by atoms with van der Waals surface area (Å²) in [5, 5.41) is 14.2. The van der Waals surface area contributed by atoms with E-state index in [1.165, 1.54) is 12.8 Å². The zero-order chi connectivity index (χ0) is 18.4. The molecule has 1 amide bonds. The van der Waals surface area contributed by atoms with E-state index in [0.29, 0.717) is 18.5 Å². The van der Waals surface area contributed by atoms with Crippen molar-refractivity contribution >= 4 is 49.1 Å². The largest absolute Gasteiger partial charge is 0.481 e. The summed E-state index contributed by atoms with van der Waals surface area (Å²) in [5.74, 6) is -0.343. The summed E-state index contributed by atoms with van der Waals surface area (Å²) in [7, 11) is 0. The molecule has 3 aliphatic heterocycles. The van der Waals surface area contributed by atoms with E-state index in [1.807, 2.05) is 0 Å². The molecule has 3 heterocycles. The van der Waals surface area contributed by atoms with E-state index in [-0.39, 0.29) is 49.6 Å². The summed E-state index contributed by atoms with van der Waals surface area (Å²) in [6.45, 7) is 8.03. The quantitative estimate of drug-likeness (QED) is 0.523. The van der Waals surface area contributed by atoms with Gasteiger partial charge in [0.1, 0.15) is 0 Å². The summed E-state index contributed by atoms with van der Waals surface area (Å²) in [6.07, 6.45) is 4.28. The second-order valence-electron chi connectivity index (χ2n) is 7.66. The van der Waals surface area contributed by atoms with Crippen LogP contribution in [-0.2, 0) is 9.59 Å². The molecule has 0 spiro atoms. The van der Waals surface area contributed by atoms with E-state index in [0.717, 1.165) is 65.2 Å². The van der Waals surface area contributed by atoms with Crippen molar-refractivity contribution < 1.29 is 14.7 Å². The fourth-order valence-electron chi connectivity index (χ4n) is 4.34. The van der Waals surface area contributed by atoms with Crippen molar-refractivity contribution in [2.75, 3.05) is 58.9 Å². The zero-order valence-corrected chi connectivity index (χ0v) is 19.3. The molecule has 0 aromatic carbocycles. The lowest BCUT2D eigenvalue weighted by atomic mass is 9.95. The number of nitrogens with one attached hydrogen (secondary N) is 2. The number of carboxylic acid groups (broad SMARTS) is 1. The number of halogens is 3. The van der Waals surface area contributed by atoms with Crippen LogP contribution in [0.5, 0.6) is 0 Å². The Morgan fingerprint density at radius 1 is 0.897 bits per heavy atom. The second kappa shape index (κ2) is 14.6. The summed E-state index contributed by atoms with van der Waals surface area (Å²) >= 11 is 0. The minimum atomic E-state index is -0.786. The number of aliphatic carboxylic acids is 1. The van der Waals surface area contributed by atoms with Gasteiger partial charge >= 0.3 is 5.97 Å². The molecule has 0 radical (unpaired) electrons. The lowest BCUT2D eigenvalue weighted by molar-refractivity contribution is -0.139. The number of rotatable bonds is 6. The molecule has 0 aromatic heterocycles. The highest BCUT2D eigenvalue weighted by Crippen LogP contribution is 2.21. The van der Waals surface area contributed by atoms with Crippen LogP contribution in [0.25, 0.3) is 0 Å². The van der Waals surface area contributed by atoms with Gasteiger partial charge in [-0.05, 0) is 38.8 Å². The van der Waals surface area contributed by atoms with Gasteiger partial charge in [-0.15, -0.1) is 37.2 Å². The number of carbonyl (C=O) groups excluding carboxylic acids is 1. The van der Waals surface area contributed by atoms with Gasteiger partial charge in [0, 0.05) is 57.8 Å². The normalized spacial score (nSPS) is 22.1. The number of carbonyl (C=O) groups is 2. The van der Waals surface area contributed by atoms with Crippen LogP contribution in [0.3, 0.4) is 0 Å². The molecule has 3 rings (SSSR count). The van der Waals surface area contributed by atoms with E-state index in [2.05, 4.69) is 25.6 Å². The van der Waals surface area contributed by atoms with Crippen molar-refractivity contribution in [1.82, 2.24) is 25.6 Å². The zero-order valence-electron chi connectivity index (χ0n) is 16.9. The molecule has 0 atom stereocenters. The standard InChI is InChI=1S/C18H33N5O3.3ClH/c24-17(25)3-8-20-23-9-4-15(5-10-23)18(26)22-13-11-21(12-14-22)16-1-6-19-7-2-16;;;/h15-16,19-20H,1-14H2,(H,24,25);3*1H. The Kier molecular flexibility index (Phi) is 14.4. The molecule has 3 saturated heterocycles. The number of hydrogen-bond acceptors (Lipinski definition) is 6. The Balaban J connectivity index is 0.00000261. The van der Waals surface area contributed by atoms with Gasteiger partial charge in [-0.3, -0.25) is 19.9 Å². The third kappa shape index (κ3) is 8.73. The summed E-state index contributed by atoms with van der Waals surface area (Å²) in [4.78, 5) is 28.0. The third-order valence-corrected chi connectivity index (χ3v) is 5.97. The molecule has 11 heteroatoms. The van der Waals surface area contributed by atoms with Crippen molar-refractivity contribution in [1.29, 1.82) is 0 Å². The van der Waals surface area contributed by atoms with E-state index in [1.54, 1.807) is 0 Å². The fraction of sp³-hybridized carbons (Fsp3) is 0.889. The van der Waals surface area contributed by atoms with E-state index in [9.17, 15) is 9.59 Å². The maximum Gasteiger partial charge on any atom is 0.304 e. The predicted octanol–water partition coefficient (Wildman–Crippen LogP) is 0.839. The number of hydrazine groups is 1. The third-order valence-electron chi connectivity index (χ3n) is 5.97. The number of hydrogen-bond donors (Lipinski definition) is 3. The smallest absolute Gasteiger partial charge is 0.304 e. The van der Waals surface area contributed by atoms with Gasteiger partial charge in [0.15, 0.2) is 0 Å². The Bertz CT molecular complexity index is 481. The Morgan fingerprint density at radius 3 is 2.03 bits per heavy atom. The van der Waals surface area contributed by atoms with Crippen LogP contribution in [0.4, 0.5) is 0 Å². The fourth-order valence-corrected chi connectivity index (χ4v) is 4.34. The van der Waals surface area contributed by atoms with Gasteiger partial charge in [-0.25, -0.2) is 5.01 Å². The maximum atomic E-state index is 12.8. The average Bonchev–Trinajstić information content (AvgIpc) is 2.68. The molecule has 8 nitrogen and oxygen atoms in total. The monoisotopic (exact) mass is 475 g/mol. The van der Waals surface area contributed by atoms with E-state index in [4.69, 9.17) is 5.11 Å². The van der Waals surface area contributed by atoms with Crippen LogP contribution in [0.1, 0.15) is 32.1 Å². The van der Waals surface area contributed by atoms with Crippen LogP contribution in [0.15, 0.2) is 0 Å². The average molecular weight is 477 g/mol. The van der Waals surface area contributed by atoms with Crippen LogP contribution >= 0.6 is 37.2 Å². The van der Waals surface area contributed by atoms with E-state index < -0.39 is 5.97 Å². The summed E-state index contributed by atoms with van der Waals surface area (Å²) in [6, 6.07) is 0.689. The molecular weight excluding hydrogens is 441 g/mol. The molecule has 3 aliphatic rings. The maximum absolute atomic E-state index is 12.8. The predicted molar refractivity (Wildman–Crippen MR) is 120 cm³/mol. The molecular formula is C18H36Cl3N5O3. The lowest BCUT2D eigenvalue weighted by Gasteiger charge is -2.42. The Morgan fingerprint density at radius 2 is 1.48 bits per heavy atom. The Labute approximate surface area is 192 Å². The van der Waals surface area contributed by atoms with Crippen LogP contribution < -0.4 is 10.7 Å². The molecule has 29 heavy (non-hydrogen) atoms. The number of piperidine rings is 2. The van der Waals surface area contributed by atoms with Gasteiger partial charge < -0.3 is 15.3 Å². The Hall–Kier alpha value is -0.350. The first-order chi connectivity index (χ1) is 12.6. The lowest BCUT2D eigenvalue weighted by Crippen LogP contribution is -2.55. The minimum Gasteiger partial charge on any atom is -0.481 e. The molecule has 3 fully saturated rings. The van der Waals surface area contributed by atoms with Gasteiger partial charge in [-0.2, -0.15) is 0 Å². The number of piperazine rings is 1. The molecule has 0 bridgehead atoms. The first-order valence-electron chi connectivity index (χ1n) is 10.1. The van der Waals surface area contributed by atoms with Crippen molar-refractivity contribution in [3.05, 3.63) is 0 Å². The number of carboxylic acids is 1. The van der Waals surface area contributed by atoms with Gasteiger partial charge in [0.05, 0.1) is 6.42 Å². The highest BCUT2D eigenvalue weighted by atomic mass is 35.5. The highest BCUT2D eigenvalue weighted by molar-refractivity contribution is 5.86. The van der Waals surface area contributed by atoms with Gasteiger partial charge in [-0.1, -0.05) is 0 Å². The van der Waals surface area contributed by atoms with Crippen molar-refractivity contribution in [2.24, 2.45) is 5.92 Å². The first kappa shape index (κ1) is 28.6. The van der Waals surface area contributed by atoms with Crippen LogP contribution in [0, 0.1) is 5.92 Å². The summed E-state index contributed by atoms with van der Waals surface area (Å²) in [5.41, 5.74) is 3.15. The van der Waals surface area contributed by atoms with E-state index >= 15 is 0 Å². The second-order valence-corrected chi connectivity index (χ2v) is 7.66. The number of amides is 1. The summed E-state index contributed by atoms with van der Waals surface area (Å²) < 4.78 is 0. The van der Waals surface area contributed by atoms with Crippen LogP contribution in [-0.4, -0.2) is 96.7 Å². The topological polar surface area (TPSA) is 88.1 Å².